The monoisotopic (exact) mass is 181 g/mol. The van der Waals surface area contributed by atoms with Gasteiger partial charge >= 0.3 is 0 Å². The number of terminal acetylenes is 1. The van der Waals surface area contributed by atoms with Gasteiger partial charge in [-0.25, -0.2) is 0 Å². The number of ether oxygens (including phenoxy) is 1. The molecular weight excluding hydrogens is 166 g/mol. The zero-order valence-electron chi connectivity index (χ0n) is 7.88. The number of carbonyl (C=O) groups excluding carboxylic acids is 1. The Hall–Kier alpha value is -1.01. The van der Waals surface area contributed by atoms with Crippen LogP contribution < -0.4 is 5.32 Å². The quantitative estimate of drug-likeness (QED) is 0.637. The summed E-state index contributed by atoms with van der Waals surface area (Å²) < 4.78 is 5.27. The minimum atomic E-state index is -0.339. The summed E-state index contributed by atoms with van der Waals surface area (Å²) in [6.45, 7) is 0. The highest BCUT2D eigenvalue weighted by atomic mass is 16.5. The Morgan fingerprint density at radius 1 is 1.54 bits per heavy atom. The van der Waals surface area contributed by atoms with E-state index in [-0.39, 0.29) is 18.1 Å². The molecule has 0 unspecified atom stereocenters. The zero-order valence-corrected chi connectivity index (χ0v) is 7.88. The Morgan fingerprint density at radius 3 is 2.85 bits per heavy atom. The number of hydrogen-bond acceptors (Lipinski definition) is 2. The summed E-state index contributed by atoms with van der Waals surface area (Å²) in [5, 5.41) is 2.77. The second-order valence-electron chi connectivity index (χ2n) is 3.28. The summed E-state index contributed by atoms with van der Waals surface area (Å²) in [4.78, 5) is 10.9. The smallest absolute Gasteiger partial charge is 0.295 e. The first-order valence-electron chi connectivity index (χ1n) is 4.58. The molecule has 1 saturated carbocycles. The first kappa shape index (κ1) is 10.1. The summed E-state index contributed by atoms with van der Waals surface area (Å²) in [7, 11) is 1.67. The molecule has 72 valence electrons. The minimum Gasteiger partial charge on any atom is -0.379 e. The Bertz CT molecular complexity index is 219. The fourth-order valence-corrected chi connectivity index (χ4v) is 1.75. The maximum atomic E-state index is 10.9. The van der Waals surface area contributed by atoms with Crippen LogP contribution in [-0.2, 0) is 9.53 Å². The van der Waals surface area contributed by atoms with Crippen molar-refractivity contribution in [1.29, 1.82) is 0 Å². The van der Waals surface area contributed by atoms with Crippen LogP contribution in [0.1, 0.15) is 25.7 Å². The summed E-state index contributed by atoms with van der Waals surface area (Å²) >= 11 is 0. The van der Waals surface area contributed by atoms with Crippen molar-refractivity contribution >= 4 is 5.91 Å². The molecule has 1 N–H and O–H groups in total. The molecule has 1 aliphatic carbocycles. The minimum absolute atomic E-state index is 0.0994. The van der Waals surface area contributed by atoms with E-state index in [1.807, 2.05) is 0 Å². The number of methoxy groups -OCH3 is 1. The molecule has 1 rings (SSSR count). The van der Waals surface area contributed by atoms with Gasteiger partial charge in [0.05, 0.1) is 12.1 Å². The third-order valence-electron chi connectivity index (χ3n) is 2.45. The van der Waals surface area contributed by atoms with E-state index < -0.39 is 0 Å². The van der Waals surface area contributed by atoms with Gasteiger partial charge in [-0.2, -0.15) is 0 Å². The Kier molecular flexibility index (Phi) is 3.78. The van der Waals surface area contributed by atoms with Crippen LogP contribution in [0, 0.1) is 12.3 Å². The van der Waals surface area contributed by atoms with Crippen LogP contribution in [0.3, 0.4) is 0 Å². The van der Waals surface area contributed by atoms with Crippen molar-refractivity contribution in [3.8, 4) is 12.3 Å². The van der Waals surface area contributed by atoms with Crippen LogP contribution in [-0.4, -0.2) is 25.2 Å². The molecule has 0 radical (unpaired) electrons. The summed E-state index contributed by atoms with van der Waals surface area (Å²) in [5.74, 6) is 1.71. The maximum Gasteiger partial charge on any atom is 0.295 e. The fraction of sp³-hybridized carbons (Fsp3) is 0.700. The van der Waals surface area contributed by atoms with Crippen LogP contribution in [0.2, 0.25) is 0 Å². The lowest BCUT2D eigenvalue weighted by Gasteiger charge is -2.30. The van der Waals surface area contributed by atoms with Crippen molar-refractivity contribution in [2.45, 2.75) is 37.8 Å². The average molecular weight is 181 g/mol. The largest absolute Gasteiger partial charge is 0.379 e. The van der Waals surface area contributed by atoms with Crippen molar-refractivity contribution in [2.75, 3.05) is 7.11 Å². The molecule has 0 aromatic rings. The van der Waals surface area contributed by atoms with E-state index >= 15 is 0 Å². The second kappa shape index (κ2) is 4.88. The Labute approximate surface area is 78.8 Å². The van der Waals surface area contributed by atoms with E-state index in [0.717, 1.165) is 19.3 Å². The van der Waals surface area contributed by atoms with Crippen molar-refractivity contribution in [2.24, 2.45) is 0 Å². The number of rotatable bonds is 2. The molecule has 0 aromatic carbocycles. The van der Waals surface area contributed by atoms with Gasteiger partial charge in [0.2, 0.25) is 0 Å². The maximum absolute atomic E-state index is 10.9. The van der Waals surface area contributed by atoms with Crippen molar-refractivity contribution in [3.05, 3.63) is 0 Å². The third-order valence-corrected chi connectivity index (χ3v) is 2.45. The SMILES string of the molecule is C#CC(=O)N[C@@H]1CCCC[C@H]1OC. The molecule has 0 aromatic heterocycles. The molecule has 0 heterocycles. The molecule has 3 nitrogen and oxygen atoms in total. The van der Waals surface area contributed by atoms with Crippen molar-refractivity contribution in [3.63, 3.8) is 0 Å². The van der Waals surface area contributed by atoms with Gasteiger partial charge in [0.25, 0.3) is 5.91 Å². The normalized spacial score (nSPS) is 27.7. The topological polar surface area (TPSA) is 38.3 Å². The lowest BCUT2D eigenvalue weighted by Crippen LogP contribution is -2.45. The number of hydrogen-bond donors (Lipinski definition) is 1. The first-order chi connectivity index (χ1) is 6.27. The fourth-order valence-electron chi connectivity index (χ4n) is 1.75. The molecule has 1 fully saturated rings. The van der Waals surface area contributed by atoms with Crippen LogP contribution >= 0.6 is 0 Å². The molecular formula is C10H15NO2. The highest BCUT2D eigenvalue weighted by Gasteiger charge is 2.25. The molecule has 0 spiro atoms. The zero-order chi connectivity index (χ0) is 9.68. The van der Waals surface area contributed by atoms with Crippen LogP contribution in [0.15, 0.2) is 0 Å². The number of carbonyl (C=O) groups is 1. The van der Waals surface area contributed by atoms with E-state index in [2.05, 4.69) is 11.2 Å². The molecule has 1 aliphatic rings. The van der Waals surface area contributed by atoms with E-state index in [0.29, 0.717) is 0 Å². The second-order valence-corrected chi connectivity index (χ2v) is 3.28. The van der Waals surface area contributed by atoms with E-state index in [9.17, 15) is 4.79 Å². The molecule has 0 aliphatic heterocycles. The standard InChI is InChI=1S/C10H15NO2/c1-3-10(12)11-8-6-4-5-7-9(8)13-2/h1,8-9H,4-7H2,2H3,(H,11,12)/t8-,9-/m1/s1. The molecule has 2 atom stereocenters. The summed E-state index contributed by atoms with van der Waals surface area (Å²) in [5.41, 5.74) is 0. The van der Waals surface area contributed by atoms with Crippen molar-refractivity contribution < 1.29 is 9.53 Å². The summed E-state index contributed by atoms with van der Waals surface area (Å²) in [6.07, 6.45) is 9.38. The predicted molar refractivity (Wildman–Crippen MR) is 50.0 cm³/mol. The molecule has 3 heteroatoms. The predicted octanol–water partition coefficient (Wildman–Crippen LogP) is 0.693. The molecule has 1 amide bonds. The average Bonchev–Trinajstić information content (AvgIpc) is 2.18. The highest BCUT2D eigenvalue weighted by molar-refractivity contribution is 5.93. The van der Waals surface area contributed by atoms with Gasteiger partial charge in [-0.3, -0.25) is 4.79 Å². The molecule has 13 heavy (non-hydrogen) atoms. The molecule has 0 bridgehead atoms. The van der Waals surface area contributed by atoms with Gasteiger partial charge in [-0.15, -0.1) is 6.42 Å². The van der Waals surface area contributed by atoms with E-state index in [1.54, 1.807) is 7.11 Å². The van der Waals surface area contributed by atoms with E-state index in [4.69, 9.17) is 11.2 Å². The van der Waals surface area contributed by atoms with Gasteiger partial charge < -0.3 is 10.1 Å². The van der Waals surface area contributed by atoms with Gasteiger partial charge in [-0.05, 0) is 18.8 Å². The van der Waals surface area contributed by atoms with Gasteiger partial charge in [0, 0.05) is 7.11 Å². The van der Waals surface area contributed by atoms with Crippen LogP contribution in [0.25, 0.3) is 0 Å². The summed E-state index contributed by atoms with van der Waals surface area (Å²) in [6, 6.07) is 0.0994. The van der Waals surface area contributed by atoms with Gasteiger partial charge in [0.1, 0.15) is 0 Å². The lowest BCUT2D eigenvalue weighted by atomic mass is 9.92. The Balaban J connectivity index is 2.46. The van der Waals surface area contributed by atoms with Gasteiger partial charge in [0.15, 0.2) is 0 Å². The molecule has 0 saturated heterocycles. The van der Waals surface area contributed by atoms with Gasteiger partial charge in [-0.1, -0.05) is 12.8 Å². The third kappa shape index (κ3) is 2.74. The Morgan fingerprint density at radius 2 is 2.23 bits per heavy atom. The number of nitrogens with one attached hydrogen (secondary N) is 1. The highest BCUT2D eigenvalue weighted by Crippen LogP contribution is 2.20. The van der Waals surface area contributed by atoms with Crippen molar-refractivity contribution in [1.82, 2.24) is 5.32 Å². The number of amides is 1. The van der Waals surface area contributed by atoms with E-state index in [1.165, 1.54) is 6.42 Å². The van der Waals surface area contributed by atoms with Crippen LogP contribution in [0.5, 0.6) is 0 Å². The van der Waals surface area contributed by atoms with Crippen LogP contribution in [0.4, 0.5) is 0 Å². The lowest BCUT2D eigenvalue weighted by molar-refractivity contribution is -0.117. The first-order valence-corrected chi connectivity index (χ1v) is 4.58.